The number of benzene rings is 2. The number of methoxy groups -OCH3 is 1. The van der Waals surface area contributed by atoms with E-state index >= 15 is 0 Å². The Kier molecular flexibility index (Phi) is 6.77. The number of ether oxygens (including phenoxy) is 2. The van der Waals surface area contributed by atoms with Crippen LogP contribution in [0.4, 0.5) is 8.78 Å². The number of aromatic nitrogens is 1. The summed E-state index contributed by atoms with van der Waals surface area (Å²) < 4.78 is 38.1. The first-order valence-electron chi connectivity index (χ1n) is 9.00. The van der Waals surface area contributed by atoms with Gasteiger partial charge in [0.1, 0.15) is 28.9 Å². The van der Waals surface area contributed by atoms with Gasteiger partial charge in [-0.2, -0.15) is 0 Å². The van der Waals surface area contributed by atoms with Gasteiger partial charge < -0.3 is 14.8 Å². The standard InChI is InChI=1S/C21H20F2N2O3S/c1-3-8-24-20(26)17-12-29-21(25-17)13-4-7-18(19(10-13)27-2)28-11-14-9-15(22)5-6-16(14)23/h4-7,9-10,12H,3,8,11H2,1-2H3,(H,24,26). The van der Waals surface area contributed by atoms with Gasteiger partial charge in [-0.15, -0.1) is 11.3 Å². The van der Waals surface area contributed by atoms with Gasteiger partial charge in [-0.1, -0.05) is 6.92 Å². The summed E-state index contributed by atoms with van der Waals surface area (Å²) in [6.07, 6.45) is 0.848. The summed E-state index contributed by atoms with van der Waals surface area (Å²) in [5.41, 5.74) is 1.23. The van der Waals surface area contributed by atoms with E-state index in [9.17, 15) is 13.6 Å². The summed E-state index contributed by atoms with van der Waals surface area (Å²) in [5.74, 6) is -0.476. The number of carbonyl (C=O) groups is 1. The van der Waals surface area contributed by atoms with E-state index in [1.54, 1.807) is 23.6 Å². The van der Waals surface area contributed by atoms with Crippen molar-refractivity contribution in [1.82, 2.24) is 10.3 Å². The molecule has 5 nitrogen and oxygen atoms in total. The van der Waals surface area contributed by atoms with Gasteiger partial charge in [-0.25, -0.2) is 13.8 Å². The summed E-state index contributed by atoms with van der Waals surface area (Å²) in [5, 5.41) is 5.15. The van der Waals surface area contributed by atoms with Crippen molar-refractivity contribution in [2.45, 2.75) is 20.0 Å². The monoisotopic (exact) mass is 418 g/mol. The summed E-state index contributed by atoms with van der Waals surface area (Å²) >= 11 is 1.34. The van der Waals surface area contributed by atoms with E-state index in [1.807, 2.05) is 6.92 Å². The quantitative estimate of drug-likeness (QED) is 0.570. The molecule has 0 aliphatic carbocycles. The fourth-order valence-electron chi connectivity index (χ4n) is 2.57. The van der Waals surface area contributed by atoms with Gasteiger partial charge >= 0.3 is 0 Å². The van der Waals surface area contributed by atoms with Crippen molar-refractivity contribution in [2.24, 2.45) is 0 Å². The molecule has 0 atom stereocenters. The van der Waals surface area contributed by atoms with Gasteiger partial charge in [0, 0.05) is 23.1 Å². The van der Waals surface area contributed by atoms with Crippen molar-refractivity contribution >= 4 is 17.2 Å². The van der Waals surface area contributed by atoms with Crippen LogP contribution in [0.15, 0.2) is 41.8 Å². The highest BCUT2D eigenvalue weighted by atomic mass is 32.1. The molecule has 1 amide bonds. The molecule has 0 unspecified atom stereocenters. The van der Waals surface area contributed by atoms with Gasteiger partial charge in [0.25, 0.3) is 5.91 Å². The number of hydrogen-bond acceptors (Lipinski definition) is 5. The van der Waals surface area contributed by atoms with Crippen LogP contribution in [0, 0.1) is 11.6 Å². The second-order valence-corrected chi connectivity index (χ2v) is 7.04. The van der Waals surface area contributed by atoms with E-state index in [4.69, 9.17) is 9.47 Å². The Balaban J connectivity index is 1.76. The zero-order valence-electron chi connectivity index (χ0n) is 16.0. The minimum atomic E-state index is -0.543. The molecular formula is C21H20F2N2O3S. The highest BCUT2D eigenvalue weighted by Gasteiger charge is 2.14. The van der Waals surface area contributed by atoms with Crippen molar-refractivity contribution in [3.05, 3.63) is 64.7 Å². The third kappa shape index (κ3) is 5.08. The van der Waals surface area contributed by atoms with Crippen molar-refractivity contribution in [2.75, 3.05) is 13.7 Å². The Morgan fingerprint density at radius 3 is 2.76 bits per heavy atom. The lowest BCUT2D eigenvalue weighted by molar-refractivity contribution is 0.0949. The molecule has 0 spiro atoms. The summed E-state index contributed by atoms with van der Waals surface area (Å²) in [6, 6.07) is 8.38. The number of nitrogens with one attached hydrogen (secondary N) is 1. The van der Waals surface area contributed by atoms with Crippen LogP contribution in [0.2, 0.25) is 0 Å². The number of hydrogen-bond donors (Lipinski definition) is 1. The maximum absolute atomic E-state index is 13.8. The first-order valence-corrected chi connectivity index (χ1v) is 9.88. The highest BCUT2D eigenvalue weighted by molar-refractivity contribution is 7.13. The molecule has 1 aromatic heterocycles. The molecule has 0 saturated carbocycles. The molecule has 3 aromatic rings. The fourth-order valence-corrected chi connectivity index (χ4v) is 3.37. The number of carbonyl (C=O) groups excluding carboxylic acids is 1. The molecule has 29 heavy (non-hydrogen) atoms. The average molecular weight is 418 g/mol. The zero-order chi connectivity index (χ0) is 20.8. The van der Waals surface area contributed by atoms with Crippen LogP contribution in [-0.2, 0) is 6.61 Å². The number of amides is 1. The molecule has 3 rings (SSSR count). The molecule has 152 valence electrons. The van der Waals surface area contributed by atoms with Crippen LogP contribution in [0.25, 0.3) is 10.6 Å². The lowest BCUT2D eigenvalue weighted by atomic mass is 10.2. The van der Waals surface area contributed by atoms with E-state index in [1.165, 1.54) is 18.4 Å². The Labute approximate surface area is 171 Å². The SMILES string of the molecule is CCCNC(=O)c1csc(-c2ccc(OCc3cc(F)ccc3F)c(OC)c2)n1. The van der Waals surface area contributed by atoms with E-state index in [-0.39, 0.29) is 18.1 Å². The molecular weight excluding hydrogens is 398 g/mol. The normalized spacial score (nSPS) is 10.6. The van der Waals surface area contributed by atoms with Gasteiger partial charge in [0.05, 0.1) is 7.11 Å². The molecule has 2 aromatic carbocycles. The predicted octanol–water partition coefficient (Wildman–Crippen LogP) is 4.82. The van der Waals surface area contributed by atoms with Crippen LogP contribution in [0.5, 0.6) is 11.5 Å². The predicted molar refractivity (Wildman–Crippen MR) is 107 cm³/mol. The molecule has 0 fully saturated rings. The van der Waals surface area contributed by atoms with Crippen LogP contribution in [-0.4, -0.2) is 24.5 Å². The molecule has 1 N–H and O–H groups in total. The Morgan fingerprint density at radius 2 is 2.00 bits per heavy atom. The third-order valence-corrected chi connectivity index (χ3v) is 4.97. The minimum Gasteiger partial charge on any atom is -0.493 e. The van der Waals surface area contributed by atoms with E-state index < -0.39 is 11.6 Å². The number of nitrogens with zero attached hydrogens (tertiary/aromatic N) is 1. The minimum absolute atomic E-state index is 0.110. The van der Waals surface area contributed by atoms with Crippen molar-refractivity contribution < 1.29 is 23.0 Å². The topological polar surface area (TPSA) is 60.5 Å². The van der Waals surface area contributed by atoms with Gasteiger partial charge in [0.15, 0.2) is 11.5 Å². The zero-order valence-corrected chi connectivity index (χ0v) is 16.8. The van der Waals surface area contributed by atoms with Crippen LogP contribution < -0.4 is 14.8 Å². The Morgan fingerprint density at radius 1 is 1.17 bits per heavy atom. The maximum atomic E-state index is 13.8. The van der Waals surface area contributed by atoms with Gasteiger partial charge in [-0.3, -0.25) is 4.79 Å². The van der Waals surface area contributed by atoms with Crippen LogP contribution in [0.3, 0.4) is 0 Å². The van der Waals surface area contributed by atoms with Crippen molar-refractivity contribution in [3.63, 3.8) is 0 Å². The maximum Gasteiger partial charge on any atom is 0.270 e. The van der Waals surface area contributed by atoms with Crippen LogP contribution in [0.1, 0.15) is 29.4 Å². The third-order valence-electron chi connectivity index (χ3n) is 4.07. The molecule has 0 aliphatic rings. The molecule has 0 saturated heterocycles. The second-order valence-electron chi connectivity index (χ2n) is 6.18. The molecule has 0 aliphatic heterocycles. The number of rotatable bonds is 8. The average Bonchev–Trinajstić information content (AvgIpc) is 3.23. The molecule has 0 radical (unpaired) electrons. The molecule has 0 bridgehead atoms. The first kappa shape index (κ1) is 20.7. The summed E-state index contributed by atoms with van der Waals surface area (Å²) in [7, 11) is 1.49. The number of thiazole rings is 1. The van der Waals surface area contributed by atoms with Gasteiger partial charge in [0.2, 0.25) is 0 Å². The lowest BCUT2D eigenvalue weighted by Crippen LogP contribution is -2.24. The first-order chi connectivity index (χ1) is 14.0. The lowest BCUT2D eigenvalue weighted by Gasteiger charge is -2.12. The molecule has 8 heteroatoms. The van der Waals surface area contributed by atoms with Crippen molar-refractivity contribution in [3.8, 4) is 22.1 Å². The highest BCUT2D eigenvalue weighted by Crippen LogP contribution is 2.34. The number of halogens is 2. The van der Waals surface area contributed by atoms with Crippen LogP contribution >= 0.6 is 11.3 Å². The summed E-state index contributed by atoms with van der Waals surface area (Å²) in [6.45, 7) is 2.43. The smallest absolute Gasteiger partial charge is 0.270 e. The second kappa shape index (κ2) is 9.47. The van der Waals surface area contributed by atoms with E-state index in [0.29, 0.717) is 28.7 Å². The largest absolute Gasteiger partial charge is 0.493 e. The Hall–Kier alpha value is -3.00. The van der Waals surface area contributed by atoms with Crippen molar-refractivity contribution in [1.29, 1.82) is 0 Å². The van der Waals surface area contributed by atoms with E-state index in [0.717, 1.165) is 30.2 Å². The molecule has 1 heterocycles. The summed E-state index contributed by atoms with van der Waals surface area (Å²) in [4.78, 5) is 16.4. The fraction of sp³-hybridized carbons (Fsp3) is 0.238. The van der Waals surface area contributed by atoms with Gasteiger partial charge in [-0.05, 0) is 42.8 Å². The Bertz CT molecular complexity index is 1010. The van der Waals surface area contributed by atoms with E-state index in [2.05, 4.69) is 10.3 Å².